The lowest BCUT2D eigenvalue weighted by Crippen LogP contribution is -2.47. The Hall–Kier alpha value is -2.55. The molecule has 0 rings (SSSR count). The van der Waals surface area contributed by atoms with E-state index in [0.29, 0.717) is 23.9 Å². The van der Waals surface area contributed by atoms with E-state index in [-0.39, 0.29) is 18.9 Å². The molecule has 0 saturated heterocycles. The second kappa shape index (κ2) is 60.6. The predicted octanol–water partition coefficient (Wildman–Crippen LogP) is 20.9. The number of likely N-dealkylation sites (N-methyl/N-ethyl adjacent to an activating group) is 1. The van der Waals surface area contributed by atoms with Crippen LogP contribution in [-0.2, 0) is 27.9 Å². The van der Waals surface area contributed by atoms with Crippen LogP contribution in [0.3, 0.4) is 0 Å². The number of phosphoric ester groups is 1. The summed E-state index contributed by atoms with van der Waals surface area (Å²) in [7, 11) is 1.16. The highest BCUT2D eigenvalue weighted by atomic mass is 31.2. The highest BCUT2D eigenvalue weighted by Gasteiger charge is 2.27. The molecule has 3 atom stereocenters. The number of phosphoric acid groups is 1. The first-order chi connectivity index (χ1) is 39.4. The van der Waals surface area contributed by atoms with E-state index in [1.807, 2.05) is 33.3 Å². The zero-order chi connectivity index (χ0) is 59.3. The number of nitrogens with one attached hydrogen (secondary N) is 1. The van der Waals surface area contributed by atoms with Crippen molar-refractivity contribution in [3.63, 3.8) is 0 Å². The number of unbranched alkanes of at least 4 members (excludes halogenated alkanes) is 36. The van der Waals surface area contributed by atoms with Gasteiger partial charge in [0.25, 0.3) is 7.82 Å². The van der Waals surface area contributed by atoms with Gasteiger partial charge in [0.15, 0.2) is 0 Å². The molecule has 0 bridgehead atoms. The van der Waals surface area contributed by atoms with Crippen molar-refractivity contribution in [1.29, 1.82) is 0 Å². The summed E-state index contributed by atoms with van der Waals surface area (Å²) in [5, 5.41) is 3.02. The van der Waals surface area contributed by atoms with E-state index >= 15 is 0 Å². The molecule has 0 spiro atoms. The number of hydrogen-bond donors (Lipinski definition) is 1. The van der Waals surface area contributed by atoms with Crippen molar-refractivity contribution in [2.45, 2.75) is 328 Å². The van der Waals surface area contributed by atoms with E-state index in [9.17, 15) is 19.0 Å². The van der Waals surface area contributed by atoms with Gasteiger partial charge in [-0.2, -0.15) is 0 Å². The van der Waals surface area contributed by atoms with Crippen LogP contribution in [-0.4, -0.2) is 69.4 Å². The van der Waals surface area contributed by atoms with Crippen molar-refractivity contribution in [3.05, 3.63) is 72.9 Å². The van der Waals surface area contributed by atoms with Crippen LogP contribution in [0.2, 0.25) is 0 Å². The van der Waals surface area contributed by atoms with E-state index in [2.05, 4.69) is 86.8 Å². The topological polar surface area (TPSA) is 114 Å². The number of amides is 1. The second-order valence-electron chi connectivity index (χ2n) is 24.3. The van der Waals surface area contributed by atoms with E-state index < -0.39 is 32.5 Å². The number of hydrogen-bond acceptors (Lipinski definition) is 7. The highest BCUT2D eigenvalue weighted by Crippen LogP contribution is 2.38. The van der Waals surface area contributed by atoms with Gasteiger partial charge >= 0.3 is 5.97 Å². The number of rotatable bonds is 62. The summed E-state index contributed by atoms with van der Waals surface area (Å²) in [5.41, 5.74) is 0. The Morgan fingerprint density at radius 3 is 1.19 bits per heavy atom. The highest BCUT2D eigenvalue weighted by molar-refractivity contribution is 7.45. The maximum Gasteiger partial charge on any atom is 0.306 e. The number of allylic oxidation sites excluding steroid dienone is 11. The Labute approximate surface area is 502 Å². The maximum absolute atomic E-state index is 13.6. The average Bonchev–Trinajstić information content (AvgIpc) is 3.43. The van der Waals surface area contributed by atoms with Crippen molar-refractivity contribution in [1.82, 2.24) is 5.32 Å². The van der Waals surface area contributed by atoms with Crippen molar-refractivity contribution < 1.29 is 37.3 Å². The summed E-state index contributed by atoms with van der Waals surface area (Å²) in [4.78, 5) is 40.0. The number of quaternary nitrogens is 1. The standard InChI is InChI=1S/C71H131N2O7P/c1-7-10-13-16-19-22-25-27-29-31-32-33-34-35-36-37-38-39-40-42-43-45-48-51-54-57-60-63-70(74)72-68(67-79-81(76,77)78-66-65-73(4,5)6)69(62-59-56-53-50-47-24-21-18-15-12-9-3)80-71(75)64-61-58-55-52-49-46-44-41-30-28-26-23-20-17-14-11-8-2/h20,23,27-30,44,46,52,55,59,62,68-69H,7-19,21-22,24-26,31-43,45,47-51,53-54,56-58,60-61,63-67H2,1-6H3,(H-,72,74,76,77)/b23-20-,29-27+,30-28-,46-44-,55-52-,62-59-. The molecule has 3 unspecified atom stereocenters. The molecule has 0 aliphatic rings. The largest absolute Gasteiger partial charge is 0.756 e. The minimum Gasteiger partial charge on any atom is -0.756 e. The van der Waals surface area contributed by atoms with E-state index in [1.165, 1.54) is 212 Å². The minimum atomic E-state index is -4.71. The van der Waals surface area contributed by atoms with Gasteiger partial charge in [-0.25, -0.2) is 0 Å². The fraction of sp³-hybridized carbons (Fsp3) is 0.803. The number of ether oxygens (including phenoxy) is 1. The second-order valence-corrected chi connectivity index (χ2v) is 25.7. The maximum atomic E-state index is 13.6. The van der Waals surface area contributed by atoms with Gasteiger partial charge < -0.3 is 28.5 Å². The first-order valence-electron chi connectivity index (χ1n) is 34.2. The molecule has 0 radical (unpaired) electrons. The van der Waals surface area contributed by atoms with Crippen molar-refractivity contribution >= 4 is 19.7 Å². The summed E-state index contributed by atoms with van der Waals surface area (Å²) in [6, 6.07) is -0.911. The van der Waals surface area contributed by atoms with Gasteiger partial charge in [-0.3, -0.25) is 14.2 Å². The van der Waals surface area contributed by atoms with E-state index in [4.69, 9.17) is 13.8 Å². The normalized spacial score (nSPS) is 14.0. The van der Waals surface area contributed by atoms with Gasteiger partial charge in [0.2, 0.25) is 5.91 Å². The number of nitrogens with zero attached hydrogens (tertiary/aromatic N) is 1. The van der Waals surface area contributed by atoms with Crippen molar-refractivity contribution in [2.75, 3.05) is 40.9 Å². The summed E-state index contributed by atoms with van der Waals surface area (Å²) in [6.07, 6.45) is 79.0. The van der Waals surface area contributed by atoms with E-state index in [0.717, 1.165) is 64.2 Å². The van der Waals surface area contributed by atoms with Crippen LogP contribution < -0.4 is 10.2 Å². The fourth-order valence-electron chi connectivity index (χ4n) is 9.81. The van der Waals surface area contributed by atoms with Gasteiger partial charge in [0.05, 0.1) is 33.8 Å². The molecule has 0 aliphatic carbocycles. The molecule has 9 nitrogen and oxygen atoms in total. The summed E-state index contributed by atoms with van der Waals surface area (Å²) in [6.45, 7) is 6.79. The lowest BCUT2D eigenvalue weighted by atomic mass is 10.0. The molecule has 0 aromatic carbocycles. The molecular formula is C71H131N2O7P. The van der Waals surface area contributed by atoms with Crippen LogP contribution in [0.5, 0.6) is 0 Å². The van der Waals surface area contributed by atoms with Gasteiger partial charge in [0, 0.05) is 12.8 Å². The first-order valence-corrected chi connectivity index (χ1v) is 35.7. The molecule has 81 heavy (non-hydrogen) atoms. The molecule has 0 heterocycles. The molecule has 0 aliphatic heterocycles. The van der Waals surface area contributed by atoms with Gasteiger partial charge in [0.1, 0.15) is 19.3 Å². The van der Waals surface area contributed by atoms with Gasteiger partial charge in [-0.15, -0.1) is 0 Å². The smallest absolute Gasteiger partial charge is 0.306 e. The number of esters is 1. The molecule has 1 amide bonds. The molecule has 0 aromatic heterocycles. The van der Waals surface area contributed by atoms with Crippen molar-refractivity contribution in [2.24, 2.45) is 0 Å². The summed E-state index contributed by atoms with van der Waals surface area (Å²) in [5.74, 6) is -0.599. The monoisotopic (exact) mass is 1150 g/mol. The third-order valence-electron chi connectivity index (χ3n) is 15.1. The minimum absolute atomic E-state index is 0.0316. The Kier molecular flexibility index (Phi) is 58.7. The zero-order valence-corrected chi connectivity index (χ0v) is 54.9. The average molecular weight is 1160 g/mol. The fourth-order valence-corrected chi connectivity index (χ4v) is 10.5. The SMILES string of the molecule is CCCCC/C=C\C/C=C\C/C=C\C/C=C\CCCC(=O)OC(/C=C\CCCCCCCCCCC)C(COP(=O)([O-])OCC[N+](C)(C)C)NC(=O)CCCCCCCCCCCCCCCCCCC/C=C/CCCCCCCC. The Morgan fingerprint density at radius 2 is 0.765 bits per heavy atom. The predicted molar refractivity (Wildman–Crippen MR) is 348 cm³/mol. The van der Waals surface area contributed by atoms with Crippen LogP contribution in [0.1, 0.15) is 316 Å². The van der Waals surface area contributed by atoms with Gasteiger partial charge in [-0.05, 0) is 96.0 Å². The lowest BCUT2D eigenvalue weighted by molar-refractivity contribution is -0.870. The summed E-state index contributed by atoms with van der Waals surface area (Å²) >= 11 is 0. The Bertz CT molecular complexity index is 1620. The van der Waals surface area contributed by atoms with Crippen LogP contribution in [0.4, 0.5) is 0 Å². The molecule has 0 fully saturated rings. The molecule has 1 N–H and O–H groups in total. The Balaban J connectivity index is 5.05. The van der Waals surface area contributed by atoms with E-state index in [1.54, 1.807) is 0 Å². The molecule has 10 heteroatoms. The Morgan fingerprint density at radius 1 is 0.432 bits per heavy atom. The molecular weight excluding hydrogens is 1020 g/mol. The van der Waals surface area contributed by atoms with Crippen LogP contribution in [0, 0.1) is 0 Å². The van der Waals surface area contributed by atoms with Crippen LogP contribution in [0.15, 0.2) is 72.9 Å². The van der Waals surface area contributed by atoms with Crippen molar-refractivity contribution in [3.8, 4) is 0 Å². The molecule has 0 aromatic rings. The van der Waals surface area contributed by atoms with Gasteiger partial charge in [-0.1, -0.05) is 280 Å². The lowest BCUT2D eigenvalue weighted by Gasteiger charge is -2.30. The first kappa shape index (κ1) is 78.5. The van der Waals surface area contributed by atoms with Crippen LogP contribution >= 0.6 is 7.82 Å². The quantitative estimate of drug-likeness (QED) is 0.0212. The third kappa shape index (κ3) is 61.8. The molecule has 472 valence electrons. The third-order valence-corrected chi connectivity index (χ3v) is 16.1. The number of carbonyl (C=O) groups excluding carboxylic acids is 2. The molecule has 0 saturated carbocycles. The summed E-state index contributed by atoms with van der Waals surface area (Å²) < 4.78 is 30.3. The van der Waals surface area contributed by atoms with Crippen LogP contribution in [0.25, 0.3) is 0 Å². The number of carbonyl (C=O) groups is 2. The zero-order valence-electron chi connectivity index (χ0n) is 54.0.